The molecule has 160 valence electrons. The number of carbonyl (C=O) groups is 2. The molecule has 0 amide bonds. The van der Waals surface area contributed by atoms with Gasteiger partial charge in [-0.25, -0.2) is 0 Å². The number of fused-ring (bicyclic) bond motifs is 1. The zero-order valence-electron chi connectivity index (χ0n) is 16.9. The first kappa shape index (κ1) is 23.4. The van der Waals surface area contributed by atoms with E-state index in [0.29, 0.717) is 38.5 Å². The number of aliphatic hydroxyl groups excluding tert-OH is 2. The maximum absolute atomic E-state index is 13.0. The highest BCUT2D eigenvalue weighted by molar-refractivity contribution is 6.30. The minimum atomic E-state index is -0.955. The SMILES string of the molecule is CC(O)CO.COc1ccc2c(c1)c(CC(=O)O)c(C)n2C(=O)c1ccc(Cl)cc1. The summed E-state index contributed by atoms with van der Waals surface area (Å²) in [5.41, 5.74) is 2.32. The summed E-state index contributed by atoms with van der Waals surface area (Å²) in [6.07, 6.45) is -0.730. The van der Waals surface area contributed by atoms with Crippen molar-refractivity contribution in [3.05, 3.63) is 64.3 Å². The van der Waals surface area contributed by atoms with Crippen LogP contribution in [0.2, 0.25) is 5.02 Å². The molecule has 0 aliphatic carbocycles. The van der Waals surface area contributed by atoms with Gasteiger partial charge < -0.3 is 20.1 Å². The average molecular weight is 434 g/mol. The number of ether oxygens (including phenoxy) is 1. The number of hydrogen-bond donors (Lipinski definition) is 3. The van der Waals surface area contributed by atoms with Crippen LogP contribution in [-0.4, -0.2) is 51.6 Å². The van der Waals surface area contributed by atoms with E-state index in [9.17, 15) is 14.7 Å². The van der Waals surface area contributed by atoms with Crippen molar-refractivity contribution >= 4 is 34.4 Å². The number of hydrogen-bond acceptors (Lipinski definition) is 5. The van der Waals surface area contributed by atoms with Gasteiger partial charge in [0.05, 0.1) is 31.8 Å². The van der Waals surface area contributed by atoms with Gasteiger partial charge in [0.2, 0.25) is 0 Å². The van der Waals surface area contributed by atoms with Gasteiger partial charge in [0.25, 0.3) is 5.91 Å². The summed E-state index contributed by atoms with van der Waals surface area (Å²) in [7, 11) is 1.54. The summed E-state index contributed by atoms with van der Waals surface area (Å²) in [6.45, 7) is 3.14. The molecule has 3 aromatic rings. The van der Waals surface area contributed by atoms with E-state index < -0.39 is 12.1 Å². The molecule has 8 heteroatoms. The molecule has 0 bridgehead atoms. The summed E-state index contributed by atoms with van der Waals surface area (Å²) >= 11 is 5.89. The van der Waals surface area contributed by atoms with Gasteiger partial charge in [0.1, 0.15) is 5.75 Å². The van der Waals surface area contributed by atoms with Gasteiger partial charge in [-0.3, -0.25) is 14.2 Å². The van der Waals surface area contributed by atoms with E-state index in [1.807, 2.05) is 0 Å². The van der Waals surface area contributed by atoms with Gasteiger partial charge >= 0.3 is 5.97 Å². The number of carbonyl (C=O) groups excluding carboxylic acids is 1. The lowest BCUT2D eigenvalue weighted by molar-refractivity contribution is -0.136. The third-order valence-corrected chi connectivity index (χ3v) is 4.68. The Balaban J connectivity index is 0.000000575. The highest BCUT2D eigenvalue weighted by Gasteiger charge is 2.21. The fourth-order valence-corrected chi connectivity index (χ4v) is 3.07. The fraction of sp³-hybridized carbons (Fsp3) is 0.273. The molecular formula is C22H24ClNO6. The van der Waals surface area contributed by atoms with Crippen LogP contribution in [0, 0.1) is 6.92 Å². The molecule has 7 nitrogen and oxygen atoms in total. The molecule has 0 fully saturated rings. The molecule has 3 rings (SSSR count). The Morgan fingerprint density at radius 3 is 2.27 bits per heavy atom. The van der Waals surface area contributed by atoms with Crippen LogP contribution in [0.4, 0.5) is 0 Å². The molecule has 3 N–H and O–H groups in total. The summed E-state index contributed by atoms with van der Waals surface area (Å²) < 4.78 is 6.77. The van der Waals surface area contributed by atoms with Crippen molar-refractivity contribution in [2.45, 2.75) is 26.4 Å². The van der Waals surface area contributed by atoms with Crippen LogP contribution in [0.15, 0.2) is 42.5 Å². The van der Waals surface area contributed by atoms with Crippen LogP contribution in [0.3, 0.4) is 0 Å². The fourth-order valence-electron chi connectivity index (χ4n) is 2.95. The van der Waals surface area contributed by atoms with Crippen LogP contribution in [0.25, 0.3) is 10.9 Å². The van der Waals surface area contributed by atoms with Gasteiger partial charge in [-0.15, -0.1) is 0 Å². The van der Waals surface area contributed by atoms with Crippen molar-refractivity contribution in [2.75, 3.05) is 13.7 Å². The molecule has 0 aliphatic heterocycles. The van der Waals surface area contributed by atoms with Crippen molar-refractivity contribution in [1.82, 2.24) is 4.57 Å². The van der Waals surface area contributed by atoms with Gasteiger partial charge in [0.15, 0.2) is 0 Å². The number of methoxy groups -OCH3 is 1. The van der Waals surface area contributed by atoms with E-state index in [0.717, 1.165) is 0 Å². The number of halogens is 1. The molecule has 30 heavy (non-hydrogen) atoms. The largest absolute Gasteiger partial charge is 0.497 e. The Bertz CT molecular complexity index is 1040. The van der Waals surface area contributed by atoms with Crippen molar-refractivity contribution in [2.24, 2.45) is 0 Å². The van der Waals surface area contributed by atoms with Crippen LogP contribution < -0.4 is 4.74 Å². The van der Waals surface area contributed by atoms with Crippen molar-refractivity contribution in [1.29, 1.82) is 0 Å². The lowest BCUT2D eigenvalue weighted by Gasteiger charge is -2.08. The van der Waals surface area contributed by atoms with E-state index in [1.54, 1.807) is 56.5 Å². The molecule has 2 aromatic carbocycles. The van der Waals surface area contributed by atoms with E-state index in [4.69, 9.17) is 26.6 Å². The normalized spacial score (nSPS) is 11.5. The number of aromatic nitrogens is 1. The van der Waals surface area contributed by atoms with Gasteiger partial charge in [0, 0.05) is 21.7 Å². The lowest BCUT2D eigenvalue weighted by Crippen LogP contribution is -2.14. The molecular weight excluding hydrogens is 410 g/mol. The standard InChI is InChI=1S/C19H16ClNO4.C3H8O2/c1-11-15(10-18(22)23)16-9-14(25-2)7-8-17(16)21(11)19(24)12-3-5-13(20)6-4-12;1-3(5)2-4/h3-9H,10H2,1-2H3,(H,22,23);3-5H,2H2,1H3. The molecule has 0 aliphatic rings. The molecule has 1 aromatic heterocycles. The van der Waals surface area contributed by atoms with Gasteiger partial charge in [-0.2, -0.15) is 0 Å². The molecule has 0 spiro atoms. The predicted molar refractivity (Wildman–Crippen MR) is 115 cm³/mol. The summed E-state index contributed by atoms with van der Waals surface area (Å²) in [5, 5.41) is 26.5. The first-order valence-corrected chi connectivity index (χ1v) is 9.56. The second-order valence-electron chi connectivity index (χ2n) is 6.70. The van der Waals surface area contributed by atoms with Gasteiger partial charge in [-0.1, -0.05) is 11.6 Å². The summed E-state index contributed by atoms with van der Waals surface area (Å²) in [4.78, 5) is 24.3. The number of carboxylic acid groups (broad SMARTS) is 1. The Morgan fingerprint density at radius 1 is 1.17 bits per heavy atom. The Hall–Kier alpha value is -2.87. The number of carboxylic acids is 1. The van der Waals surface area contributed by atoms with Crippen LogP contribution >= 0.6 is 11.6 Å². The van der Waals surface area contributed by atoms with Crippen molar-refractivity contribution in [3.8, 4) is 5.75 Å². The second-order valence-corrected chi connectivity index (χ2v) is 7.13. The molecule has 0 radical (unpaired) electrons. The van der Waals surface area contributed by atoms with Crippen molar-refractivity contribution in [3.63, 3.8) is 0 Å². The average Bonchev–Trinajstić information content (AvgIpc) is 2.98. The topological polar surface area (TPSA) is 109 Å². The van der Waals surface area contributed by atoms with Crippen LogP contribution in [-0.2, 0) is 11.2 Å². The predicted octanol–water partition coefficient (Wildman–Crippen LogP) is 3.29. The monoisotopic (exact) mass is 433 g/mol. The summed E-state index contributed by atoms with van der Waals surface area (Å²) in [6, 6.07) is 11.9. The zero-order valence-corrected chi connectivity index (χ0v) is 17.7. The van der Waals surface area contributed by atoms with Crippen LogP contribution in [0.5, 0.6) is 5.75 Å². The third kappa shape index (κ3) is 5.38. The summed E-state index contributed by atoms with van der Waals surface area (Å²) in [5.74, 6) is -0.583. The first-order chi connectivity index (χ1) is 14.2. The minimum absolute atomic E-state index is 0.139. The number of rotatable bonds is 5. The Labute approximate surface area is 179 Å². The second kappa shape index (κ2) is 10.2. The number of nitrogens with zero attached hydrogens (tertiary/aromatic N) is 1. The smallest absolute Gasteiger partial charge is 0.307 e. The lowest BCUT2D eigenvalue weighted by atomic mass is 10.1. The quantitative estimate of drug-likeness (QED) is 0.569. The number of aliphatic carboxylic acids is 1. The van der Waals surface area contributed by atoms with Crippen molar-refractivity contribution < 1.29 is 29.6 Å². The molecule has 0 saturated carbocycles. The maximum Gasteiger partial charge on any atom is 0.307 e. The highest BCUT2D eigenvalue weighted by Crippen LogP contribution is 2.30. The van der Waals surface area contributed by atoms with Gasteiger partial charge in [-0.05, 0) is 61.9 Å². The molecule has 1 unspecified atom stereocenters. The Morgan fingerprint density at radius 2 is 1.77 bits per heavy atom. The molecule has 0 saturated heterocycles. The first-order valence-electron chi connectivity index (χ1n) is 9.18. The maximum atomic E-state index is 13.0. The van der Waals surface area contributed by atoms with E-state index >= 15 is 0 Å². The van der Waals surface area contributed by atoms with E-state index in [2.05, 4.69) is 0 Å². The third-order valence-electron chi connectivity index (χ3n) is 4.43. The number of aliphatic hydroxyl groups is 2. The molecule has 1 heterocycles. The Kier molecular flexibility index (Phi) is 8.00. The van der Waals surface area contributed by atoms with E-state index in [1.165, 1.54) is 11.5 Å². The zero-order chi connectivity index (χ0) is 22.4. The van der Waals surface area contributed by atoms with Crippen LogP contribution in [0.1, 0.15) is 28.5 Å². The molecule has 1 atom stereocenters. The minimum Gasteiger partial charge on any atom is -0.497 e. The number of benzene rings is 2. The van der Waals surface area contributed by atoms with E-state index in [-0.39, 0.29) is 18.9 Å². The highest BCUT2D eigenvalue weighted by atomic mass is 35.5.